The Bertz CT molecular complexity index is 888. The topological polar surface area (TPSA) is 134 Å². The molecule has 0 bridgehead atoms. The van der Waals surface area contributed by atoms with Crippen molar-refractivity contribution in [3.63, 3.8) is 0 Å². The summed E-state index contributed by atoms with van der Waals surface area (Å²) >= 11 is 4.86. The molecule has 0 aliphatic heterocycles. The Balaban J connectivity index is 0.000000292. The van der Waals surface area contributed by atoms with Gasteiger partial charge in [0.2, 0.25) is 0 Å². The Morgan fingerprint density at radius 3 is 2.00 bits per heavy atom. The van der Waals surface area contributed by atoms with Gasteiger partial charge in [-0.3, -0.25) is 9.17 Å². The molecule has 0 amide bonds. The molecule has 1 N–H and O–H groups in total. The number of rotatable bonds is 5. The predicted molar refractivity (Wildman–Crippen MR) is 106 cm³/mol. The van der Waals surface area contributed by atoms with Gasteiger partial charge in [0.25, 0.3) is 11.4 Å². The molecule has 2 rings (SSSR count). The molecule has 2 aromatic heterocycles. The predicted octanol–water partition coefficient (Wildman–Crippen LogP) is 2.74. The van der Waals surface area contributed by atoms with Crippen LogP contribution in [0.5, 0.6) is 5.88 Å². The minimum atomic E-state index is -0.928. The van der Waals surface area contributed by atoms with E-state index in [9.17, 15) is 19.2 Å². The summed E-state index contributed by atoms with van der Waals surface area (Å²) in [5.74, 6) is -1.27. The van der Waals surface area contributed by atoms with Crippen LogP contribution in [0, 0.1) is 0 Å². The molecule has 0 radical (unpaired) electrons. The van der Waals surface area contributed by atoms with Gasteiger partial charge in [-0.15, -0.1) is 23.5 Å². The SMILES string of the molecule is COC(=O)Oc1nsc(SC)c1C(=O)OC.COC(=O)c1c(SC)s[nH]c1=O. The molecule has 14 heteroatoms. The second kappa shape index (κ2) is 11.7. The Kier molecular flexibility index (Phi) is 10.1. The lowest BCUT2D eigenvalue weighted by Crippen LogP contribution is -2.14. The average molecular weight is 469 g/mol. The van der Waals surface area contributed by atoms with Gasteiger partial charge < -0.3 is 18.9 Å². The number of hydrogen-bond donors (Lipinski definition) is 1. The van der Waals surface area contributed by atoms with Crippen LogP contribution >= 0.6 is 46.6 Å². The van der Waals surface area contributed by atoms with Crippen molar-refractivity contribution in [2.45, 2.75) is 8.42 Å². The van der Waals surface area contributed by atoms with Gasteiger partial charge in [0.15, 0.2) is 5.56 Å². The summed E-state index contributed by atoms with van der Waals surface area (Å²) in [6, 6.07) is 0. The zero-order valence-electron chi connectivity index (χ0n) is 15.3. The number of hydrogen-bond acceptors (Lipinski definition) is 13. The first kappa shape index (κ1) is 24.0. The van der Waals surface area contributed by atoms with Crippen LogP contribution in [0.1, 0.15) is 20.7 Å². The molecule has 0 saturated carbocycles. The summed E-state index contributed by atoms with van der Waals surface area (Å²) in [6.45, 7) is 0. The van der Waals surface area contributed by atoms with E-state index < -0.39 is 18.1 Å². The number of nitrogens with one attached hydrogen (secondary N) is 1. The highest BCUT2D eigenvalue weighted by Gasteiger charge is 2.24. The van der Waals surface area contributed by atoms with Gasteiger partial charge in [0.1, 0.15) is 5.56 Å². The fourth-order valence-electron chi connectivity index (χ4n) is 1.57. The van der Waals surface area contributed by atoms with Crippen LogP contribution in [0.25, 0.3) is 0 Å². The van der Waals surface area contributed by atoms with Gasteiger partial charge in [-0.05, 0) is 24.0 Å². The zero-order valence-corrected chi connectivity index (χ0v) is 18.6. The van der Waals surface area contributed by atoms with Crippen molar-refractivity contribution in [2.75, 3.05) is 33.8 Å². The number of ether oxygens (including phenoxy) is 4. The minimum absolute atomic E-state index is 0.0898. The number of methoxy groups -OCH3 is 3. The van der Waals surface area contributed by atoms with Gasteiger partial charge in [0.05, 0.1) is 29.7 Å². The number of carbonyl (C=O) groups is 3. The lowest BCUT2D eigenvalue weighted by molar-refractivity contribution is 0.0584. The Morgan fingerprint density at radius 1 is 0.929 bits per heavy atom. The summed E-state index contributed by atoms with van der Waals surface area (Å²) in [6.07, 6.45) is 2.65. The molecule has 0 fully saturated rings. The molecule has 10 nitrogen and oxygen atoms in total. The first-order valence-electron chi connectivity index (χ1n) is 7.06. The van der Waals surface area contributed by atoms with Crippen LogP contribution in [0.2, 0.25) is 0 Å². The number of aromatic amines is 1. The number of thioether (sulfide) groups is 2. The van der Waals surface area contributed by atoms with E-state index in [0.717, 1.165) is 23.1 Å². The van der Waals surface area contributed by atoms with Gasteiger partial charge in [-0.1, -0.05) is 11.5 Å². The molecule has 28 heavy (non-hydrogen) atoms. The Hall–Kier alpha value is -2.03. The largest absolute Gasteiger partial charge is 0.514 e. The van der Waals surface area contributed by atoms with Crippen LogP contribution in [0.4, 0.5) is 4.79 Å². The van der Waals surface area contributed by atoms with Crippen LogP contribution in [0.3, 0.4) is 0 Å². The molecule has 0 aliphatic rings. The quantitative estimate of drug-likeness (QED) is 0.394. The van der Waals surface area contributed by atoms with Gasteiger partial charge in [-0.2, -0.15) is 4.37 Å². The lowest BCUT2D eigenvalue weighted by Gasteiger charge is -2.02. The zero-order chi connectivity index (χ0) is 21.3. The van der Waals surface area contributed by atoms with Crippen molar-refractivity contribution in [3.05, 3.63) is 21.5 Å². The summed E-state index contributed by atoms with van der Waals surface area (Å²) in [4.78, 5) is 44.4. The van der Waals surface area contributed by atoms with Crippen LogP contribution < -0.4 is 10.3 Å². The third-order valence-corrected chi connectivity index (χ3v) is 6.72. The third-order valence-electron chi connectivity index (χ3n) is 2.79. The van der Waals surface area contributed by atoms with Gasteiger partial charge >= 0.3 is 18.1 Å². The minimum Gasteiger partial charge on any atom is -0.465 e. The monoisotopic (exact) mass is 468 g/mol. The maximum atomic E-state index is 11.4. The van der Waals surface area contributed by atoms with Crippen LogP contribution in [-0.2, 0) is 14.2 Å². The van der Waals surface area contributed by atoms with E-state index in [0.29, 0.717) is 8.42 Å². The molecule has 154 valence electrons. The maximum Gasteiger partial charge on any atom is 0.514 e. The van der Waals surface area contributed by atoms with Crippen LogP contribution in [0.15, 0.2) is 13.2 Å². The highest BCUT2D eigenvalue weighted by Crippen LogP contribution is 2.33. The van der Waals surface area contributed by atoms with E-state index in [1.807, 2.05) is 0 Å². The van der Waals surface area contributed by atoms with Crippen molar-refractivity contribution in [2.24, 2.45) is 0 Å². The highest BCUT2D eigenvalue weighted by atomic mass is 32.2. The Labute approximate surface area is 176 Å². The molecule has 0 aliphatic carbocycles. The number of aromatic nitrogens is 2. The number of nitrogens with zero attached hydrogens (tertiary/aromatic N) is 1. The van der Waals surface area contributed by atoms with E-state index in [4.69, 9.17) is 4.74 Å². The standard InChI is InChI=1S/C8H9NO5S2.C6H7NO3S2/c1-12-6(10)4-5(14-8(11)13-2)9-16-7(4)15-3;1-10-5(9)3-4(8)7-12-6(3)11-2/h1-3H3;1-2H3,(H,7,8). The molecule has 0 aromatic carbocycles. The fraction of sp³-hybridized carbons (Fsp3) is 0.357. The fourth-order valence-corrected chi connectivity index (χ4v) is 4.32. The van der Waals surface area contributed by atoms with Gasteiger partial charge in [0, 0.05) is 0 Å². The third kappa shape index (κ3) is 5.98. The molecule has 0 saturated heterocycles. The molecule has 2 heterocycles. The summed E-state index contributed by atoms with van der Waals surface area (Å²) < 4.78 is 25.6. The second-order valence-electron chi connectivity index (χ2n) is 4.29. The maximum absolute atomic E-state index is 11.4. The van der Waals surface area contributed by atoms with Crippen LogP contribution in [-0.4, -0.2) is 60.7 Å². The average Bonchev–Trinajstić information content (AvgIpc) is 3.29. The van der Waals surface area contributed by atoms with Crippen molar-refractivity contribution < 1.29 is 33.3 Å². The number of H-pyrrole nitrogens is 1. The smallest absolute Gasteiger partial charge is 0.465 e. The van der Waals surface area contributed by atoms with E-state index in [1.54, 1.807) is 12.5 Å². The summed E-state index contributed by atoms with van der Waals surface area (Å²) in [5, 5.41) is 0. The highest BCUT2D eigenvalue weighted by molar-refractivity contribution is 8.00. The molecule has 0 atom stereocenters. The first-order valence-corrected chi connectivity index (χ1v) is 11.1. The lowest BCUT2D eigenvalue weighted by atomic mass is 10.3. The second-order valence-corrected chi connectivity index (χ2v) is 8.03. The van der Waals surface area contributed by atoms with Crippen molar-refractivity contribution in [3.8, 4) is 5.88 Å². The molecule has 0 unspecified atom stereocenters. The molecular formula is C14H16N2O8S4. The number of carbonyl (C=O) groups excluding carboxylic acids is 3. The van der Waals surface area contributed by atoms with E-state index in [2.05, 4.69) is 23.0 Å². The Morgan fingerprint density at radius 2 is 1.50 bits per heavy atom. The van der Waals surface area contributed by atoms with E-state index >= 15 is 0 Å². The van der Waals surface area contributed by atoms with Crippen molar-refractivity contribution in [1.82, 2.24) is 8.75 Å². The molecule has 2 aromatic rings. The first-order chi connectivity index (χ1) is 13.3. The normalized spacial score (nSPS) is 9.75. The molecule has 0 spiro atoms. The van der Waals surface area contributed by atoms with Crippen molar-refractivity contribution >= 4 is 64.7 Å². The summed E-state index contributed by atoms with van der Waals surface area (Å²) in [5.41, 5.74) is -0.128. The van der Waals surface area contributed by atoms with Gasteiger partial charge in [-0.25, -0.2) is 14.4 Å². The number of esters is 2. The molecular weight excluding hydrogens is 452 g/mol. The van der Waals surface area contributed by atoms with E-state index in [1.165, 1.54) is 44.9 Å². The summed E-state index contributed by atoms with van der Waals surface area (Å²) in [7, 11) is 3.66. The van der Waals surface area contributed by atoms with Crippen molar-refractivity contribution in [1.29, 1.82) is 0 Å². The van der Waals surface area contributed by atoms with E-state index in [-0.39, 0.29) is 22.6 Å².